The molecule has 2 heterocycles. The van der Waals surface area contributed by atoms with Crippen LogP contribution in [0.15, 0.2) is 48.5 Å². The number of nitrogens with zero attached hydrogens (tertiary/aromatic N) is 2. The van der Waals surface area contributed by atoms with E-state index in [1.807, 2.05) is 32.0 Å². The highest BCUT2D eigenvalue weighted by molar-refractivity contribution is 5.92. The van der Waals surface area contributed by atoms with Gasteiger partial charge in [0, 0.05) is 23.9 Å². The fourth-order valence-electron chi connectivity index (χ4n) is 3.19. The molecule has 0 saturated heterocycles. The first-order valence-corrected chi connectivity index (χ1v) is 9.18. The van der Waals surface area contributed by atoms with Gasteiger partial charge in [-0.15, -0.1) is 0 Å². The Bertz CT molecular complexity index is 1090. The van der Waals surface area contributed by atoms with Gasteiger partial charge >= 0.3 is 0 Å². The van der Waals surface area contributed by atoms with Crippen LogP contribution in [0, 0.1) is 19.7 Å². The minimum atomic E-state index is -0.297. The molecule has 0 spiro atoms. The molecule has 0 saturated carbocycles. The van der Waals surface area contributed by atoms with Crippen molar-refractivity contribution in [2.24, 2.45) is 0 Å². The Balaban J connectivity index is 1.43. The van der Waals surface area contributed by atoms with Gasteiger partial charge in [-0.25, -0.2) is 9.07 Å². The normalized spacial score (nSPS) is 12.5. The first-order valence-electron chi connectivity index (χ1n) is 9.18. The summed E-state index contributed by atoms with van der Waals surface area (Å²) in [4.78, 5) is 12.2. The van der Waals surface area contributed by atoms with Gasteiger partial charge in [-0.05, 0) is 61.9 Å². The molecule has 0 unspecified atom stereocenters. The van der Waals surface area contributed by atoms with E-state index in [1.54, 1.807) is 22.9 Å². The molecule has 148 valence electrons. The van der Waals surface area contributed by atoms with Gasteiger partial charge in [-0.3, -0.25) is 4.79 Å². The van der Waals surface area contributed by atoms with Crippen LogP contribution < -0.4 is 14.8 Å². The van der Waals surface area contributed by atoms with Crippen LogP contribution in [-0.2, 0) is 11.3 Å². The first-order chi connectivity index (χ1) is 14.0. The third-order valence-corrected chi connectivity index (χ3v) is 4.72. The number of hydrogen-bond acceptors (Lipinski definition) is 4. The molecule has 1 amide bonds. The summed E-state index contributed by atoms with van der Waals surface area (Å²) in [7, 11) is 0. The zero-order valence-electron chi connectivity index (χ0n) is 16.1. The molecule has 0 aliphatic carbocycles. The van der Waals surface area contributed by atoms with Crippen LogP contribution in [-0.4, -0.2) is 22.5 Å². The largest absolute Gasteiger partial charge is 0.454 e. The number of amides is 1. The van der Waals surface area contributed by atoms with Crippen molar-refractivity contribution in [1.82, 2.24) is 15.1 Å². The van der Waals surface area contributed by atoms with E-state index >= 15 is 0 Å². The van der Waals surface area contributed by atoms with Gasteiger partial charge in [0.05, 0.1) is 11.4 Å². The molecule has 29 heavy (non-hydrogen) atoms. The summed E-state index contributed by atoms with van der Waals surface area (Å²) in [5, 5.41) is 7.35. The van der Waals surface area contributed by atoms with E-state index in [-0.39, 0.29) is 18.5 Å². The van der Waals surface area contributed by atoms with Crippen LogP contribution >= 0.6 is 0 Å². The smallest absolute Gasteiger partial charge is 0.244 e. The first kappa shape index (κ1) is 18.7. The lowest BCUT2D eigenvalue weighted by atomic mass is 10.1. The number of hydrogen-bond donors (Lipinski definition) is 1. The summed E-state index contributed by atoms with van der Waals surface area (Å²) in [6.45, 7) is 4.38. The molecular weight excluding hydrogens is 373 g/mol. The maximum atomic E-state index is 13.2. The van der Waals surface area contributed by atoms with Crippen molar-refractivity contribution in [3.8, 4) is 17.2 Å². The van der Waals surface area contributed by atoms with Crippen molar-refractivity contribution < 1.29 is 18.7 Å². The fraction of sp³-hybridized carbons (Fsp3) is 0.182. The second-order valence-corrected chi connectivity index (χ2v) is 6.71. The number of carbonyl (C=O) groups is 1. The maximum Gasteiger partial charge on any atom is 0.244 e. The Labute approximate surface area is 167 Å². The molecule has 0 fully saturated rings. The lowest BCUT2D eigenvalue weighted by Crippen LogP contribution is -2.20. The molecule has 2 aromatic carbocycles. The van der Waals surface area contributed by atoms with Crippen molar-refractivity contribution in [2.75, 3.05) is 6.79 Å². The molecule has 7 heteroatoms. The van der Waals surface area contributed by atoms with Gasteiger partial charge in [0.2, 0.25) is 12.7 Å². The van der Waals surface area contributed by atoms with Crippen LogP contribution in [0.3, 0.4) is 0 Å². The van der Waals surface area contributed by atoms with Crippen LogP contribution in [0.4, 0.5) is 4.39 Å². The lowest BCUT2D eigenvalue weighted by molar-refractivity contribution is -0.116. The van der Waals surface area contributed by atoms with E-state index in [2.05, 4.69) is 10.4 Å². The summed E-state index contributed by atoms with van der Waals surface area (Å²) >= 11 is 0. The molecule has 1 aromatic heterocycles. The van der Waals surface area contributed by atoms with E-state index in [1.165, 1.54) is 18.2 Å². The molecule has 3 aromatic rings. The Hall–Kier alpha value is -3.61. The second-order valence-electron chi connectivity index (χ2n) is 6.71. The van der Waals surface area contributed by atoms with E-state index < -0.39 is 0 Å². The highest BCUT2D eigenvalue weighted by Gasteiger charge is 2.14. The van der Waals surface area contributed by atoms with Crippen molar-refractivity contribution in [2.45, 2.75) is 20.4 Å². The predicted octanol–water partition coefficient (Wildman–Crippen LogP) is 3.69. The number of carbonyl (C=O) groups excluding carboxylic acids is 1. The van der Waals surface area contributed by atoms with E-state index in [4.69, 9.17) is 9.47 Å². The summed E-state index contributed by atoms with van der Waals surface area (Å²) in [5.41, 5.74) is 4.19. The number of fused-ring (bicyclic) bond motifs is 1. The quantitative estimate of drug-likeness (QED) is 0.672. The number of benzene rings is 2. The average molecular weight is 393 g/mol. The number of ether oxygens (including phenoxy) is 2. The zero-order chi connectivity index (χ0) is 20.4. The van der Waals surface area contributed by atoms with Gasteiger partial charge < -0.3 is 14.8 Å². The molecule has 0 atom stereocenters. The third kappa shape index (κ3) is 3.99. The minimum Gasteiger partial charge on any atom is -0.454 e. The highest BCUT2D eigenvalue weighted by atomic mass is 19.1. The SMILES string of the molecule is Cc1nn(-c2ccc(F)cc2)c(C)c1C=CC(=O)NCc1ccc2c(c1)OCO2. The Morgan fingerprint density at radius 2 is 1.93 bits per heavy atom. The van der Waals surface area contributed by atoms with Crippen LogP contribution in [0.25, 0.3) is 11.8 Å². The molecule has 1 N–H and O–H groups in total. The standard InChI is InChI=1S/C22H20FN3O3/c1-14-19(15(2)26(25-14)18-6-4-17(23)5-7-18)8-10-22(27)24-12-16-3-9-20-21(11-16)29-13-28-20/h3-11H,12-13H2,1-2H3,(H,24,27). The number of aromatic nitrogens is 2. The molecule has 1 aliphatic rings. The molecule has 1 aliphatic heterocycles. The molecule has 4 rings (SSSR count). The Kier molecular flexibility index (Phi) is 5.03. The topological polar surface area (TPSA) is 65.4 Å². The van der Waals surface area contributed by atoms with Crippen LogP contribution in [0.1, 0.15) is 22.5 Å². The fourth-order valence-corrected chi connectivity index (χ4v) is 3.19. The second kappa shape index (κ2) is 7.79. The molecule has 0 bridgehead atoms. The zero-order valence-corrected chi connectivity index (χ0v) is 16.1. The van der Waals surface area contributed by atoms with E-state index in [9.17, 15) is 9.18 Å². The number of halogens is 1. The van der Waals surface area contributed by atoms with Gasteiger partial charge in [-0.1, -0.05) is 6.07 Å². The van der Waals surface area contributed by atoms with Crippen molar-refractivity contribution >= 4 is 12.0 Å². The Morgan fingerprint density at radius 3 is 2.72 bits per heavy atom. The molecular formula is C22H20FN3O3. The monoisotopic (exact) mass is 393 g/mol. The van der Waals surface area contributed by atoms with Gasteiger partial charge in [-0.2, -0.15) is 5.10 Å². The van der Waals surface area contributed by atoms with Gasteiger partial charge in [0.25, 0.3) is 0 Å². The predicted molar refractivity (Wildman–Crippen MR) is 106 cm³/mol. The van der Waals surface area contributed by atoms with Crippen molar-refractivity contribution in [3.63, 3.8) is 0 Å². The molecule has 0 radical (unpaired) electrons. The average Bonchev–Trinajstić information content (AvgIpc) is 3.29. The summed E-state index contributed by atoms with van der Waals surface area (Å²) in [6, 6.07) is 11.7. The summed E-state index contributed by atoms with van der Waals surface area (Å²) in [6.07, 6.45) is 3.23. The minimum absolute atomic E-state index is 0.212. The number of nitrogens with one attached hydrogen (secondary N) is 1. The van der Waals surface area contributed by atoms with E-state index in [0.717, 1.165) is 28.2 Å². The van der Waals surface area contributed by atoms with E-state index in [0.29, 0.717) is 18.0 Å². The molecule has 6 nitrogen and oxygen atoms in total. The van der Waals surface area contributed by atoms with Crippen LogP contribution in [0.5, 0.6) is 11.5 Å². The maximum absolute atomic E-state index is 13.2. The van der Waals surface area contributed by atoms with Crippen LogP contribution in [0.2, 0.25) is 0 Å². The summed E-state index contributed by atoms with van der Waals surface area (Å²) < 4.78 is 25.5. The lowest BCUT2D eigenvalue weighted by Gasteiger charge is -2.05. The highest BCUT2D eigenvalue weighted by Crippen LogP contribution is 2.32. The number of aryl methyl sites for hydroxylation is 1. The summed E-state index contributed by atoms with van der Waals surface area (Å²) in [5.74, 6) is 0.890. The Morgan fingerprint density at radius 1 is 1.17 bits per heavy atom. The third-order valence-electron chi connectivity index (χ3n) is 4.72. The van der Waals surface area contributed by atoms with Gasteiger partial charge in [0.15, 0.2) is 11.5 Å². The van der Waals surface area contributed by atoms with Crippen molar-refractivity contribution in [1.29, 1.82) is 0 Å². The number of rotatable bonds is 5. The van der Waals surface area contributed by atoms with Gasteiger partial charge in [0.1, 0.15) is 5.82 Å². The van der Waals surface area contributed by atoms with Crippen molar-refractivity contribution in [3.05, 3.63) is 76.9 Å².